The van der Waals surface area contributed by atoms with Gasteiger partial charge in [-0.15, -0.1) is 0 Å². The van der Waals surface area contributed by atoms with Gasteiger partial charge in [-0.25, -0.2) is 0 Å². The van der Waals surface area contributed by atoms with E-state index in [2.05, 4.69) is 10.0 Å². The summed E-state index contributed by atoms with van der Waals surface area (Å²) in [5.74, 6) is -1.11. The number of ether oxygens (including phenoxy) is 11. The largest absolute Gasteiger partial charge is 0.463 e. The van der Waals surface area contributed by atoms with Gasteiger partial charge in [0, 0.05) is 45.2 Å². The van der Waals surface area contributed by atoms with Crippen LogP contribution < -0.4 is 5.73 Å². The van der Waals surface area contributed by atoms with Crippen LogP contribution in [0.3, 0.4) is 0 Å². The zero-order valence-corrected chi connectivity index (χ0v) is 34.7. The average Bonchev–Trinajstić information content (AvgIpc) is 3.17. The summed E-state index contributed by atoms with van der Waals surface area (Å²) in [6, 6.07) is -2.30. The van der Waals surface area contributed by atoms with E-state index in [1.54, 1.807) is 6.92 Å². The van der Waals surface area contributed by atoms with Crippen molar-refractivity contribution in [3.8, 4) is 0 Å². The highest BCUT2D eigenvalue weighted by molar-refractivity contribution is 5.66. The van der Waals surface area contributed by atoms with Crippen molar-refractivity contribution >= 4 is 11.9 Å². The molecular weight excluding hydrogens is 752 g/mol. The Bertz CT molecular complexity index is 1220. The second kappa shape index (κ2) is 26.1. The van der Waals surface area contributed by atoms with Crippen LogP contribution in [0, 0.1) is 0 Å². The number of esters is 2. The topological polar surface area (TPSA) is 251 Å². The monoisotopic (exact) mass is 820 g/mol. The van der Waals surface area contributed by atoms with Gasteiger partial charge in [-0.2, -0.15) is 0 Å². The minimum atomic E-state index is -1.55. The summed E-state index contributed by atoms with van der Waals surface area (Å²) in [4.78, 5) is 26.9. The Morgan fingerprint density at radius 3 is 1.65 bits per heavy atom. The van der Waals surface area contributed by atoms with Crippen LogP contribution in [0.15, 0.2) is 5.11 Å². The maximum atomic E-state index is 12.0. The minimum Gasteiger partial charge on any atom is -0.463 e. The summed E-state index contributed by atoms with van der Waals surface area (Å²) in [7, 11) is 0. The lowest BCUT2D eigenvalue weighted by Crippen LogP contribution is -2.67. The van der Waals surface area contributed by atoms with E-state index in [9.17, 15) is 25.3 Å². The first kappa shape index (κ1) is 49.1. The van der Waals surface area contributed by atoms with Gasteiger partial charge in [0.25, 0.3) is 0 Å². The first-order valence-electron chi connectivity index (χ1n) is 20.6. The van der Waals surface area contributed by atoms with Crippen molar-refractivity contribution in [2.45, 2.75) is 192 Å². The van der Waals surface area contributed by atoms with Crippen molar-refractivity contribution in [3.05, 3.63) is 10.4 Å². The van der Waals surface area contributed by atoms with Gasteiger partial charge in [0.2, 0.25) is 0 Å². The molecule has 3 aliphatic rings. The first-order chi connectivity index (χ1) is 27.4. The van der Waals surface area contributed by atoms with Crippen molar-refractivity contribution in [1.82, 2.24) is 0 Å². The van der Waals surface area contributed by atoms with Crippen LogP contribution in [0.1, 0.15) is 99.8 Å². The lowest BCUT2D eigenvalue weighted by atomic mass is 9.94. The molecule has 3 fully saturated rings. The van der Waals surface area contributed by atoms with E-state index in [0.29, 0.717) is 32.7 Å². The number of nitrogens with zero attached hydrogens (tertiary/aromatic N) is 3. The van der Waals surface area contributed by atoms with Crippen LogP contribution in [0.5, 0.6) is 0 Å². The molecular formula is C38H68N4O15. The first-order valence-corrected chi connectivity index (χ1v) is 20.6. The molecule has 0 amide bonds. The third-order valence-corrected chi connectivity index (χ3v) is 9.98. The van der Waals surface area contributed by atoms with Crippen LogP contribution >= 0.6 is 0 Å². The SMILES string of the molecule is CCCCOC1[C@H](O[C@H]2OC(COC(C)=O)[C@@H](OCCCC)[C@H](OCCCC)C2N=[N+]=[N-])C(C)O[C@@H](O[C@@H]2C(COC(C)=O)OC(O)[C@@H](N)C2O)[C@H]1OCCCC. The van der Waals surface area contributed by atoms with Gasteiger partial charge in [-0.3, -0.25) is 9.59 Å². The number of hydrogen-bond acceptors (Lipinski definition) is 17. The molecule has 0 spiro atoms. The molecule has 19 heteroatoms. The van der Waals surface area contributed by atoms with Crippen LogP contribution in [-0.4, -0.2) is 154 Å². The van der Waals surface area contributed by atoms with Gasteiger partial charge in [0.1, 0.15) is 68.1 Å². The van der Waals surface area contributed by atoms with E-state index in [1.165, 1.54) is 13.8 Å². The number of azide groups is 1. The fourth-order valence-electron chi connectivity index (χ4n) is 6.77. The van der Waals surface area contributed by atoms with Gasteiger partial charge < -0.3 is 68.1 Å². The molecule has 0 saturated carbocycles. The van der Waals surface area contributed by atoms with Crippen molar-refractivity contribution in [2.24, 2.45) is 10.8 Å². The number of hydrogen-bond donors (Lipinski definition) is 3. The highest BCUT2D eigenvalue weighted by Crippen LogP contribution is 2.36. The molecule has 0 radical (unpaired) electrons. The summed E-state index contributed by atoms with van der Waals surface area (Å²) in [5.41, 5.74) is 15.9. The predicted molar refractivity (Wildman–Crippen MR) is 202 cm³/mol. The molecule has 3 saturated heterocycles. The zero-order valence-electron chi connectivity index (χ0n) is 34.7. The standard InChI is InChI=1S/C38H68N4O15/c1-8-12-16-47-32-26(21-52-24(7)44)55-37(28(41-42-40)33(32)48-17-13-9-2)56-30-22(5)53-38(35(50-19-15-11-4)34(30)49-18-14-10-3)57-31-25(20-51-23(6)43)54-36(46)27(39)29(31)45/h22,25-38,45-46H,8-21,39H2,1-7H3/t22?,25?,26?,27-,28?,29?,30+,31+,32+,33+,34?,35-,36?,37+,38-/m0/s1. The molecule has 3 rings (SSSR count). The molecule has 19 nitrogen and oxygen atoms in total. The Morgan fingerprint density at radius 1 is 0.667 bits per heavy atom. The van der Waals surface area contributed by atoms with Crippen molar-refractivity contribution in [2.75, 3.05) is 39.6 Å². The second-order valence-corrected chi connectivity index (χ2v) is 14.6. The Kier molecular flexibility index (Phi) is 22.5. The van der Waals surface area contributed by atoms with E-state index in [-0.39, 0.29) is 19.8 Å². The van der Waals surface area contributed by atoms with E-state index >= 15 is 0 Å². The Hall–Kier alpha value is -2.23. The van der Waals surface area contributed by atoms with E-state index in [0.717, 1.165) is 38.5 Å². The molecule has 330 valence electrons. The smallest absolute Gasteiger partial charge is 0.302 e. The number of aliphatic hydroxyl groups is 2. The van der Waals surface area contributed by atoms with Gasteiger partial charge in [-0.05, 0) is 38.1 Å². The number of rotatable bonds is 25. The maximum absolute atomic E-state index is 12.0. The van der Waals surface area contributed by atoms with Gasteiger partial charge in [-0.1, -0.05) is 58.5 Å². The van der Waals surface area contributed by atoms with E-state index < -0.39 is 104 Å². The van der Waals surface area contributed by atoms with Crippen LogP contribution in [0.4, 0.5) is 0 Å². The fraction of sp³-hybridized carbons (Fsp3) is 0.947. The van der Waals surface area contributed by atoms with Crippen LogP contribution in [-0.2, 0) is 61.7 Å². The third kappa shape index (κ3) is 14.8. The number of carbonyl (C=O) groups is 2. The molecule has 3 heterocycles. The molecule has 15 atom stereocenters. The van der Waals surface area contributed by atoms with E-state index in [1.807, 2.05) is 27.7 Å². The molecule has 0 aromatic carbocycles. The molecule has 0 aliphatic carbocycles. The maximum Gasteiger partial charge on any atom is 0.302 e. The number of unbranched alkanes of at least 4 members (excludes halogenated alkanes) is 4. The zero-order chi connectivity index (χ0) is 41.9. The quantitative estimate of drug-likeness (QED) is 0.0393. The summed E-state index contributed by atoms with van der Waals surface area (Å²) >= 11 is 0. The second-order valence-electron chi connectivity index (χ2n) is 14.6. The molecule has 4 N–H and O–H groups in total. The van der Waals surface area contributed by atoms with Gasteiger partial charge in [0.15, 0.2) is 18.9 Å². The lowest BCUT2D eigenvalue weighted by Gasteiger charge is -2.50. The Labute approximate surface area is 336 Å². The molecule has 57 heavy (non-hydrogen) atoms. The molecule has 0 bridgehead atoms. The van der Waals surface area contributed by atoms with Gasteiger partial charge >= 0.3 is 11.9 Å². The highest BCUT2D eigenvalue weighted by Gasteiger charge is 2.55. The number of carbonyl (C=O) groups excluding carboxylic acids is 2. The van der Waals surface area contributed by atoms with E-state index in [4.69, 9.17) is 57.8 Å². The summed E-state index contributed by atoms with van der Waals surface area (Å²) in [6.07, 6.45) is -7.61. The number of aliphatic hydroxyl groups excluding tert-OH is 2. The summed E-state index contributed by atoms with van der Waals surface area (Å²) in [6.45, 7) is 13.2. The third-order valence-electron chi connectivity index (χ3n) is 9.98. The summed E-state index contributed by atoms with van der Waals surface area (Å²) < 4.78 is 68.1. The normalized spacial score (nSPS) is 35.6. The number of nitrogens with two attached hydrogens (primary N) is 1. The molecule has 3 aliphatic heterocycles. The molecule has 7 unspecified atom stereocenters. The van der Waals surface area contributed by atoms with Crippen molar-refractivity contribution in [1.29, 1.82) is 0 Å². The minimum absolute atomic E-state index is 0.175. The Balaban J connectivity index is 2.05. The van der Waals surface area contributed by atoms with Crippen molar-refractivity contribution < 1.29 is 71.9 Å². The molecule has 0 aromatic rings. The van der Waals surface area contributed by atoms with Crippen LogP contribution in [0.2, 0.25) is 0 Å². The van der Waals surface area contributed by atoms with Crippen LogP contribution in [0.25, 0.3) is 10.4 Å². The lowest BCUT2D eigenvalue weighted by molar-refractivity contribution is -0.370. The fourth-order valence-corrected chi connectivity index (χ4v) is 6.77. The predicted octanol–water partition coefficient (Wildman–Crippen LogP) is 3.18. The highest BCUT2D eigenvalue weighted by atomic mass is 16.8. The van der Waals surface area contributed by atoms with Crippen molar-refractivity contribution in [3.63, 3.8) is 0 Å². The average molecular weight is 821 g/mol. The Morgan fingerprint density at radius 2 is 1.14 bits per heavy atom. The summed E-state index contributed by atoms with van der Waals surface area (Å²) in [5, 5.41) is 25.8. The van der Waals surface area contributed by atoms with Gasteiger partial charge in [0.05, 0.1) is 18.2 Å². The molecule has 0 aromatic heterocycles.